The van der Waals surface area contributed by atoms with Crippen LogP contribution < -0.4 is 27.0 Å². The van der Waals surface area contributed by atoms with Crippen molar-refractivity contribution in [1.82, 2.24) is 24.5 Å². The Morgan fingerprint density at radius 1 is 1.12 bits per heavy atom. The molecule has 2 aromatic heterocycles. The zero-order valence-corrected chi connectivity index (χ0v) is 17.2. The molecule has 1 aromatic carbocycles. The number of rotatable bonds is 4. The second kappa shape index (κ2) is 7.18. The number of carbonyl (C=O) groups excluding carboxylic acids is 1. The van der Waals surface area contributed by atoms with Crippen molar-refractivity contribution in [3.05, 3.63) is 56.5 Å². The third-order valence-corrected chi connectivity index (χ3v) is 7.08. The van der Waals surface area contributed by atoms with Crippen molar-refractivity contribution in [2.45, 2.75) is 16.1 Å². The number of hydrogen-bond donors (Lipinski definition) is 4. The molecule has 12 nitrogen and oxygen atoms in total. The van der Waals surface area contributed by atoms with Crippen molar-refractivity contribution in [2.24, 2.45) is 0 Å². The number of benzene rings is 1. The summed E-state index contributed by atoms with van der Waals surface area (Å²) in [6, 6.07) is 3.72. The van der Waals surface area contributed by atoms with E-state index in [4.69, 9.17) is 5.73 Å². The number of H-pyrrole nitrogens is 1. The first-order valence-corrected chi connectivity index (χ1v) is 10.7. The minimum Gasteiger partial charge on any atom is -0.374 e. The predicted molar refractivity (Wildman–Crippen MR) is 104 cm³/mol. The number of amides is 1. The molecule has 0 radical (unpaired) electrons. The van der Waals surface area contributed by atoms with Gasteiger partial charge in [0.2, 0.25) is 15.0 Å². The lowest BCUT2D eigenvalue weighted by atomic mass is 9.93. The van der Waals surface area contributed by atoms with Crippen LogP contribution in [0.2, 0.25) is 0 Å². The summed E-state index contributed by atoms with van der Waals surface area (Å²) in [6.07, 6.45) is -5.72. The number of nitrogens with two attached hydrogens (primary N) is 1. The van der Waals surface area contributed by atoms with E-state index in [-0.39, 0.29) is 17.0 Å². The number of carbonyl (C=O) groups is 1. The van der Waals surface area contributed by atoms with Gasteiger partial charge in [0.05, 0.1) is 11.3 Å². The highest BCUT2D eigenvalue weighted by atomic mass is 32.2. The van der Waals surface area contributed by atoms with Crippen molar-refractivity contribution in [2.75, 3.05) is 11.1 Å². The van der Waals surface area contributed by atoms with Crippen LogP contribution in [0, 0.1) is 5.82 Å². The number of sulfonamides is 1. The van der Waals surface area contributed by atoms with E-state index in [1.54, 1.807) is 10.3 Å². The highest BCUT2D eigenvalue weighted by Gasteiger charge is 2.69. The first-order chi connectivity index (χ1) is 15.3. The van der Waals surface area contributed by atoms with Crippen LogP contribution in [0.3, 0.4) is 0 Å². The molecule has 4 rings (SSSR count). The molecule has 174 valence electrons. The zero-order chi connectivity index (χ0) is 24.3. The zero-order valence-electron chi connectivity index (χ0n) is 15.6. The van der Waals surface area contributed by atoms with Gasteiger partial charge in [0, 0.05) is 0 Å². The Labute approximate surface area is 183 Å². The summed E-state index contributed by atoms with van der Waals surface area (Å²) < 4.78 is 82.1. The number of nitrogen functional groups attached to an aromatic ring is 1. The molecule has 1 atom stereocenters. The quantitative estimate of drug-likeness (QED) is 0.350. The normalized spacial score (nSPS) is 18.2. The molecule has 5 N–H and O–H groups in total. The average Bonchev–Trinajstić information content (AvgIpc) is 3.25. The van der Waals surface area contributed by atoms with Crippen LogP contribution >= 0.6 is 11.3 Å². The van der Waals surface area contributed by atoms with E-state index in [2.05, 4.69) is 10.2 Å². The summed E-state index contributed by atoms with van der Waals surface area (Å²) in [5.74, 6) is -3.72. The van der Waals surface area contributed by atoms with Gasteiger partial charge in [0.15, 0.2) is 0 Å². The number of alkyl halides is 3. The van der Waals surface area contributed by atoms with Gasteiger partial charge in [-0.25, -0.2) is 22.2 Å². The van der Waals surface area contributed by atoms with Crippen molar-refractivity contribution >= 4 is 38.2 Å². The van der Waals surface area contributed by atoms with Gasteiger partial charge in [0.1, 0.15) is 11.6 Å². The van der Waals surface area contributed by atoms with Crippen LogP contribution in [0.15, 0.2) is 38.2 Å². The molecule has 0 bridgehead atoms. The molecule has 0 saturated carbocycles. The van der Waals surface area contributed by atoms with Crippen molar-refractivity contribution < 1.29 is 30.8 Å². The van der Waals surface area contributed by atoms with E-state index >= 15 is 0 Å². The molecule has 3 heterocycles. The van der Waals surface area contributed by atoms with Crippen LogP contribution in [-0.2, 0) is 20.4 Å². The molecule has 1 unspecified atom stereocenters. The Hall–Kier alpha value is -3.64. The van der Waals surface area contributed by atoms with E-state index in [0.29, 0.717) is 4.57 Å². The van der Waals surface area contributed by atoms with E-state index in [1.165, 1.54) is 4.72 Å². The maximum Gasteiger partial charge on any atom is 0.421 e. The largest absolute Gasteiger partial charge is 0.421 e. The summed E-state index contributed by atoms with van der Waals surface area (Å²) in [5.41, 5.74) is -3.52. The molecule has 1 aliphatic heterocycles. The number of halogens is 4. The fraction of sp³-hybridized carbons (Fsp3) is 0.133. The second-order valence-electron chi connectivity index (χ2n) is 6.51. The maximum absolute atomic E-state index is 14.3. The Kier molecular flexibility index (Phi) is 4.91. The SMILES string of the molecule is Nc1nnc(S(=O)(=O)NC2(C(F)(F)F)C(=O)Nc3c2c(=O)[nH]c(=O)n3-c2ccc(F)cc2)s1. The first kappa shape index (κ1) is 22.6. The second-order valence-corrected chi connectivity index (χ2v) is 9.37. The third kappa shape index (κ3) is 3.38. The molecule has 0 aliphatic carbocycles. The fourth-order valence-corrected chi connectivity index (χ4v) is 5.27. The Morgan fingerprint density at radius 2 is 1.76 bits per heavy atom. The predicted octanol–water partition coefficient (Wildman–Crippen LogP) is -0.213. The number of fused-ring (bicyclic) bond motifs is 1. The molecule has 0 spiro atoms. The summed E-state index contributed by atoms with van der Waals surface area (Å²) in [5, 5.41) is 7.70. The van der Waals surface area contributed by atoms with Crippen LogP contribution in [0.4, 0.5) is 28.5 Å². The van der Waals surface area contributed by atoms with E-state index < -0.39 is 65.6 Å². The lowest BCUT2D eigenvalue weighted by Crippen LogP contribution is -2.61. The summed E-state index contributed by atoms with van der Waals surface area (Å²) in [7, 11) is -5.21. The van der Waals surface area contributed by atoms with Crippen LogP contribution in [0.25, 0.3) is 5.69 Å². The summed E-state index contributed by atoms with van der Waals surface area (Å²) in [6.45, 7) is 0. The average molecular weight is 507 g/mol. The molecule has 3 aromatic rings. The molecule has 33 heavy (non-hydrogen) atoms. The van der Waals surface area contributed by atoms with Gasteiger partial charge < -0.3 is 11.1 Å². The Bertz CT molecular complexity index is 1510. The standard InChI is InChI=1S/C15H9F4N7O5S2/c16-5-1-3-6(4-2-5)26-8-7(9(27)22-12(26)29)14(10(28)21-8,15(17,18)19)25-33(30,31)13-24-23-11(20)32-13/h1-4,25H,(H2,20,23)(H,21,28)(H,22,27,29). The van der Waals surface area contributed by atoms with E-state index in [0.717, 1.165) is 24.3 Å². The highest BCUT2D eigenvalue weighted by Crippen LogP contribution is 2.46. The van der Waals surface area contributed by atoms with Crippen molar-refractivity contribution in [3.63, 3.8) is 0 Å². The van der Waals surface area contributed by atoms with Crippen LogP contribution in [0.5, 0.6) is 0 Å². The summed E-state index contributed by atoms with van der Waals surface area (Å²) in [4.78, 5) is 39.2. The van der Waals surface area contributed by atoms with Gasteiger partial charge in [-0.05, 0) is 24.3 Å². The molecule has 18 heteroatoms. The van der Waals surface area contributed by atoms with Gasteiger partial charge in [-0.1, -0.05) is 11.3 Å². The summed E-state index contributed by atoms with van der Waals surface area (Å²) >= 11 is 0.207. The van der Waals surface area contributed by atoms with Gasteiger partial charge >= 0.3 is 11.9 Å². The van der Waals surface area contributed by atoms with Gasteiger partial charge in [-0.3, -0.25) is 14.6 Å². The number of aromatic nitrogens is 4. The fourth-order valence-electron chi connectivity index (χ4n) is 3.15. The number of aromatic amines is 1. The van der Waals surface area contributed by atoms with Crippen LogP contribution in [0.1, 0.15) is 5.56 Å². The Morgan fingerprint density at radius 3 is 2.30 bits per heavy atom. The molecular formula is C15H9F4N7O5S2. The van der Waals surface area contributed by atoms with E-state index in [1.807, 2.05) is 0 Å². The topological polar surface area (TPSA) is 182 Å². The first-order valence-electron chi connectivity index (χ1n) is 8.45. The molecule has 0 fully saturated rings. The smallest absolute Gasteiger partial charge is 0.374 e. The number of nitrogens with one attached hydrogen (secondary N) is 3. The molecule has 0 saturated heterocycles. The van der Waals surface area contributed by atoms with Gasteiger partial charge in [0.25, 0.3) is 21.5 Å². The van der Waals surface area contributed by atoms with Gasteiger partial charge in [-0.15, -0.1) is 10.2 Å². The minimum absolute atomic E-state index is 0.207. The maximum atomic E-state index is 14.3. The lowest BCUT2D eigenvalue weighted by Gasteiger charge is -2.29. The monoisotopic (exact) mass is 507 g/mol. The number of anilines is 2. The Balaban J connectivity index is 2.03. The van der Waals surface area contributed by atoms with Crippen LogP contribution in [-0.4, -0.2) is 40.2 Å². The molecule has 1 amide bonds. The number of hydrogen-bond acceptors (Lipinski definition) is 9. The van der Waals surface area contributed by atoms with Crippen molar-refractivity contribution in [3.8, 4) is 5.69 Å². The van der Waals surface area contributed by atoms with Gasteiger partial charge in [-0.2, -0.15) is 17.9 Å². The number of nitrogens with zero attached hydrogens (tertiary/aromatic N) is 3. The third-order valence-electron chi connectivity index (χ3n) is 4.51. The lowest BCUT2D eigenvalue weighted by molar-refractivity contribution is -0.194. The minimum atomic E-state index is -5.72. The van der Waals surface area contributed by atoms with Crippen molar-refractivity contribution in [1.29, 1.82) is 0 Å². The van der Waals surface area contributed by atoms with E-state index in [9.17, 15) is 40.4 Å². The molecule has 1 aliphatic rings. The highest BCUT2D eigenvalue weighted by molar-refractivity contribution is 7.91. The molecular weight excluding hydrogens is 498 g/mol.